The van der Waals surface area contributed by atoms with Crippen molar-refractivity contribution in [2.24, 2.45) is 0 Å². The molecule has 0 saturated heterocycles. The molecule has 0 amide bonds. The van der Waals surface area contributed by atoms with Crippen molar-refractivity contribution in [1.82, 2.24) is 0 Å². The molecule has 0 saturated carbocycles. The lowest BCUT2D eigenvalue weighted by molar-refractivity contribution is 0.470. The predicted octanol–water partition coefficient (Wildman–Crippen LogP) is 5.23. The summed E-state index contributed by atoms with van der Waals surface area (Å²) in [4.78, 5) is 11.4. The van der Waals surface area contributed by atoms with Crippen LogP contribution in [0.4, 0.5) is 0 Å². The maximum Gasteiger partial charge on any atom is 0.192 e. The standard InChI is InChI=1S/C7H2Br6O2/c8-6(9,10)4-1-3(14)2-5(15-4)7(11,12)13/h1-2H. The van der Waals surface area contributed by atoms with Crippen LogP contribution in [0.15, 0.2) is 21.3 Å². The minimum absolute atomic E-state index is 0.156. The summed E-state index contributed by atoms with van der Waals surface area (Å²) >= 11 is 19.7. The molecule has 0 unspecified atom stereocenters. The van der Waals surface area contributed by atoms with Gasteiger partial charge in [0.15, 0.2) is 9.71 Å². The van der Waals surface area contributed by atoms with Crippen molar-refractivity contribution in [3.05, 3.63) is 33.9 Å². The van der Waals surface area contributed by atoms with Crippen LogP contribution in [-0.2, 0) is 4.29 Å². The van der Waals surface area contributed by atoms with E-state index in [4.69, 9.17) is 4.42 Å². The molecule has 2 nitrogen and oxygen atoms in total. The first-order valence-corrected chi connectivity index (χ1v) is 8.16. The smallest absolute Gasteiger partial charge is 0.192 e. The van der Waals surface area contributed by atoms with Crippen molar-refractivity contribution in [1.29, 1.82) is 0 Å². The first kappa shape index (κ1) is 14.9. The Bertz CT molecular complexity index is 377. The summed E-state index contributed by atoms with van der Waals surface area (Å²) in [5.74, 6) is 0.820. The van der Waals surface area contributed by atoms with Crippen LogP contribution in [0.1, 0.15) is 11.5 Å². The molecule has 0 fully saturated rings. The van der Waals surface area contributed by atoms with Crippen molar-refractivity contribution >= 4 is 95.6 Å². The lowest BCUT2D eigenvalue weighted by Crippen LogP contribution is -2.11. The molecule has 0 aliphatic carbocycles. The molecule has 0 aliphatic heterocycles. The van der Waals surface area contributed by atoms with Gasteiger partial charge in [-0.25, -0.2) is 0 Å². The van der Waals surface area contributed by atoms with Crippen LogP contribution >= 0.6 is 95.6 Å². The molecule has 0 bridgehead atoms. The van der Waals surface area contributed by atoms with Gasteiger partial charge in [0.25, 0.3) is 0 Å². The van der Waals surface area contributed by atoms with Gasteiger partial charge in [0.1, 0.15) is 11.5 Å². The highest BCUT2D eigenvalue weighted by Crippen LogP contribution is 2.48. The van der Waals surface area contributed by atoms with E-state index in [1.54, 1.807) is 0 Å². The van der Waals surface area contributed by atoms with Gasteiger partial charge < -0.3 is 4.42 Å². The maximum absolute atomic E-state index is 11.4. The quantitative estimate of drug-likeness (QED) is 0.384. The normalized spacial score (nSPS) is 12.9. The number of hydrogen-bond donors (Lipinski definition) is 0. The fourth-order valence-corrected chi connectivity index (χ4v) is 1.93. The van der Waals surface area contributed by atoms with Gasteiger partial charge in [-0.2, -0.15) is 0 Å². The van der Waals surface area contributed by atoms with E-state index in [1.165, 1.54) is 12.1 Å². The summed E-state index contributed by atoms with van der Waals surface area (Å²) in [5.41, 5.74) is -0.156. The van der Waals surface area contributed by atoms with Gasteiger partial charge in [-0.15, -0.1) is 0 Å². The molecule has 0 spiro atoms. The SMILES string of the molecule is O=c1cc(C(Br)(Br)Br)oc(C(Br)(Br)Br)c1. The molecule has 0 aromatic carbocycles. The van der Waals surface area contributed by atoms with Crippen LogP contribution in [0, 0.1) is 0 Å². The zero-order valence-corrected chi connectivity index (χ0v) is 16.3. The average Bonchev–Trinajstić information content (AvgIpc) is 1.99. The molecular formula is C7H2Br6O2. The van der Waals surface area contributed by atoms with E-state index in [-0.39, 0.29) is 5.43 Å². The van der Waals surface area contributed by atoms with Crippen LogP contribution in [0.5, 0.6) is 0 Å². The summed E-state index contributed by atoms with van der Waals surface area (Å²) in [6.45, 7) is 0. The van der Waals surface area contributed by atoms with Gasteiger partial charge in [0.05, 0.1) is 0 Å². The van der Waals surface area contributed by atoms with Gasteiger partial charge in [0.2, 0.25) is 0 Å². The number of halogens is 6. The molecule has 1 aromatic rings. The van der Waals surface area contributed by atoms with E-state index in [0.29, 0.717) is 11.5 Å². The molecule has 0 aliphatic rings. The van der Waals surface area contributed by atoms with E-state index in [9.17, 15) is 4.79 Å². The summed E-state index contributed by atoms with van der Waals surface area (Å²) in [6, 6.07) is 2.75. The van der Waals surface area contributed by atoms with Crippen molar-refractivity contribution in [3.63, 3.8) is 0 Å². The highest BCUT2D eigenvalue weighted by Gasteiger charge is 2.30. The monoisotopic (exact) mass is 592 g/mol. The third-order valence-electron chi connectivity index (χ3n) is 1.33. The van der Waals surface area contributed by atoms with Crippen molar-refractivity contribution in [2.75, 3.05) is 0 Å². The van der Waals surface area contributed by atoms with E-state index < -0.39 is 4.29 Å². The Kier molecular flexibility index (Phi) is 5.18. The van der Waals surface area contributed by atoms with Gasteiger partial charge in [-0.1, -0.05) is 95.6 Å². The Hall–Kier alpha value is 1.83. The predicted molar refractivity (Wildman–Crippen MR) is 81.9 cm³/mol. The average molecular weight is 598 g/mol. The lowest BCUT2D eigenvalue weighted by Gasteiger charge is -2.15. The van der Waals surface area contributed by atoms with Crippen LogP contribution < -0.4 is 5.43 Å². The minimum Gasteiger partial charge on any atom is -0.459 e. The highest BCUT2D eigenvalue weighted by atomic mass is 80.0. The van der Waals surface area contributed by atoms with Crippen molar-refractivity contribution in [2.45, 2.75) is 4.29 Å². The van der Waals surface area contributed by atoms with Gasteiger partial charge in [-0.05, 0) is 0 Å². The first-order chi connectivity index (χ1) is 6.60. The summed E-state index contributed by atoms with van der Waals surface area (Å²) in [6.07, 6.45) is 0. The van der Waals surface area contributed by atoms with E-state index >= 15 is 0 Å². The van der Waals surface area contributed by atoms with Gasteiger partial charge >= 0.3 is 0 Å². The number of rotatable bonds is 0. The summed E-state index contributed by atoms with van der Waals surface area (Å²) in [5, 5.41) is 0. The Morgan fingerprint density at radius 2 is 1.20 bits per heavy atom. The zero-order chi connectivity index (χ0) is 11.9. The second-order valence-electron chi connectivity index (χ2n) is 2.52. The first-order valence-electron chi connectivity index (χ1n) is 3.40. The maximum atomic E-state index is 11.4. The van der Waals surface area contributed by atoms with Crippen LogP contribution in [0.2, 0.25) is 0 Å². The number of alkyl halides is 6. The molecule has 8 heteroatoms. The van der Waals surface area contributed by atoms with E-state index in [1.807, 2.05) is 0 Å². The molecule has 0 radical (unpaired) electrons. The molecule has 1 rings (SSSR count). The van der Waals surface area contributed by atoms with E-state index in [2.05, 4.69) is 95.6 Å². The minimum atomic E-state index is -0.750. The Labute approximate surface area is 136 Å². The molecular weight excluding hydrogens is 595 g/mol. The highest BCUT2D eigenvalue weighted by molar-refractivity contribution is 9.39. The van der Waals surface area contributed by atoms with Crippen molar-refractivity contribution < 1.29 is 4.42 Å². The van der Waals surface area contributed by atoms with Crippen molar-refractivity contribution in [3.8, 4) is 0 Å². The zero-order valence-electron chi connectivity index (χ0n) is 6.74. The molecule has 0 N–H and O–H groups in total. The molecule has 0 atom stereocenters. The number of hydrogen-bond acceptors (Lipinski definition) is 2. The molecule has 1 heterocycles. The summed E-state index contributed by atoms with van der Waals surface area (Å²) < 4.78 is 4.01. The van der Waals surface area contributed by atoms with Crippen LogP contribution in [0.3, 0.4) is 0 Å². The summed E-state index contributed by atoms with van der Waals surface area (Å²) in [7, 11) is 0. The third-order valence-corrected chi connectivity index (χ3v) is 3.67. The second kappa shape index (κ2) is 5.22. The Morgan fingerprint density at radius 3 is 1.47 bits per heavy atom. The van der Waals surface area contributed by atoms with Gasteiger partial charge in [0, 0.05) is 12.1 Å². The van der Waals surface area contributed by atoms with Crippen LogP contribution in [0.25, 0.3) is 0 Å². The van der Waals surface area contributed by atoms with E-state index in [0.717, 1.165) is 0 Å². The topological polar surface area (TPSA) is 30.2 Å². The Balaban J connectivity index is 3.36. The molecule has 15 heavy (non-hydrogen) atoms. The largest absolute Gasteiger partial charge is 0.459 e. The fraction of sp³-hybridized carbons (Fsp3) is 0.286. The van der Waals surface area contributed by atoms with Gasteiger partial charge in [-0.3, -0.25) is 4.79 Å². The molecule has 1 aromatic heterocycles. The van der Waals surface area contributed by atoms with Crippen LogP contribution in [-0.4, -0.2) is 0 Å². The fourth-order valence-electron chi connectivity index (χ4n) is 0.757. The second-order valence-corrected chi connectivity index (χ2v) is 16.0. The third kappa shape index (κ3) is 4.54. The Morgan fingerprint density at radius 1 is 0.867 bits per heavy atom. The molecule has 84 valence electrons. The lowest BCUT2D eigenvalue weighted by atomic mass is 10.3.